The Bertz CT molecular complexity index is 1090. The van der Waals surface area contributed by atoms with Crippen molar-refractivity contribution in [2.24, 2.45) is 0 Å². The summed E-state index contributed by atoms with van der Waals surface area (Å²) < 4.78 is 10.6. The van der Waals surface area contributed by atoms with Crippen LogP contribution in [0.15, 0.2) is 65.3 Å². The number of furan rings is 1. The van der Waals surface area contributed by atoms with Gasteiger partial charge in [0.2, 0.25) is 0 Å². The van der Waals surface area contributed by atoms with E-state index in [1.165, 1.54) is 6.26 Å². The third-order valence-electron chi connectivity index (χ3n) is 5.69. The van der Waals surface area contributed by atoms with Crippen LogP contribution in [0.5, 0.6) is 0 Å². The van der Waals surface area contributed by atoms with Crippen LogP contribution < -0.4 is 10.6 Å². The molecule has 0 spiro atoms. The van der Waals surface area contributed by atoms with Crippen molar-refractivity contribution in [2.75, 3.05) is 25.1 Å². The number of anilines is 1. The van der Waals surface area contributed by atoms with Crippen LogP contribution in [0, 0.1) is 0 Å². The van der Waals surface area contributed by atoms with Crippen LogP contribution in [-0.2, 0) is 10.2 Å². The monoisotopic (exact) mass is 472 g/mol. The predicted octanol–water partition coefficient (Wildman–Crippen LogP) is 5.32. The van der Waals surface area contributed by atoms with E-state index in [9.17, 15) is 9.59 Å². The SMILES string of the molecule is O=C(NCC1(c2ccc(Cl)cc2Cl)CCOCC1)c1ccc(NC(=O)c2ccco2)cc1. The minimum atomic E-state index is -0.353. The van der Waals surface area contributed by atoms with Crippen LogP contribution in [0.2, 0.25) is 10.0 Å². The lowest BCUT2D eigenvalue weighted by Crippen LogP contribution is -2.44. The van der Waals surface area contributed by atoms with Crippen molar-refractivity contribution >= 4 is 40.7 Å². The van der Waals surface area contributed by atoms with Crippen molar-refractivity contribution < 1.29 is 18.7 Å². The first-order valence-electron chi connectivity index (χ1n) is 10.2. The molecule has 0 aliphatic carbocycles. The van der Waals surface area contributed by atoms with Crippen LogP contribution >= 0.6 is 23.2 Å². The summed E-state index contributed by atoms with van der Waals surface area (Å²) >= 11 is 12.6. The molecule has 2 N–H and O–H groups in total. The van der Waals surface area contributed by atoms with Gasteiger partial charge in [0.25, 0.3) is 11.8 Å². The number of nitrogens with one attached hydrogen (secondary N) is 2. The lowest BCUT2D eigenvalue weighted by atomic mass is 9.74. The summed E-state index contributed by atoms with van der Waals surface area (Å²) in [7, 11) is 0. The van der Waals surface area contributed by atoms with Gasteiger partial charge in [0.05, 0.1) is 6.26 Å². The predicted molar refractivity (Wildman–Crippen MR) is 124 cm³/mol. The number of benzene rings is 2. The van der Waals surface area contributed by atoms with Gasteiger partial charge in [-0.05, 0) is 66.9 Å². The molecule has 0 radical (unpaired) electrons. The van der Waals surface area contributed by atoms with E-state index >= 15 is 0 Å². The van der Waals surface area contributed by atoms with Crippen molar-refractivity contribution in [1.82, 2.24) is 5.32 Å². The maximum Gasteiger partial charge on any atom is 0.291 e. The zero-order chi connectivity index (χ0) is 22.6. The number of amides is 2. The Labute approximate surface area is 195 Å². The molecular weight excluding hydrogens is 451 g/mol. The molecule has 1 aliphatic heterocycles. The number of carbonyl (C=O) groups is 2. The summed E-state index contributed by atoms with van der Waals surface area (Å²) in [5.74, 6) is -0.340. The Morgan fingerprint density at radius 2 is 1.72 bits per heavy atom. The minimum Gasteiger partial charge on any atom is -0.459 e. The first-order valence-corrected chi connectivity index (χ1v) is 11.0. The average molecular weight is 473 g/mol. The number of ether oxygens (including phenoxy) is 1. The first-order chi connectivity index (χ1) is 15.5. The summed E-state index contributed by atoms with van der Waals surface area (Å²) in [6.07, 6.45) is 2.92. The Morgan fingerprint density at radius 1 is 0.969 bits per heavy atom. The normalized spacial score (nSPS) is 15.2. The van der Waals surface area contributed by atoms with Gasteiger partial charge in [0.1, 0.15) is 0 Å². The molecular formula is C24H22Cl2N2O4. The van der Waals surface area contributed by atoms with Crippen molar-refractivity contribution in [2.45, 2.75) is 18.3 Å². The summed E-state index contributed by atoms with van der Waals surface area (Å²) in [5, 5.41) is 6.93. The molecule has 166 valence electrons. The third-order valence-corrected chi connectivity index (χ3v) is 6.24. The van der Waals surface area contributed by atoms with Gasteiger partial charge >= 0.3 is 0 Å². The standard InChI is InChI=1S/C24H22Cl2N2O4/c25-17-5-8-19(20(26)14-17)24(9-12-31-13-10-24)15-27-22(29)16-3-6-18(7-4-16)28-23(30)21-2-1-11-32-21/h1-8,11,14H,9-10,12-13,15H2,(H,27,29)(H,28,30). The molecule has 1 aromatic heterocycles. The van der Waals surface area contributed by atoms with E-state index in [0.717, 1.165) is 18.4 Å². The Morgan fingerprint density at radius 3 is 2.38 bits per heavy atom. The van der Waals surface area contributed by atoms with Gasteiger partial charge in [0, 0.05) is 46.5 Å². The topological polar surface area (TPSA) is 80.6 Å². The zero-order valence-corrected chi connectivity index (χ0v) is 18.7. The van der Waals surface area contributed by atoms with Gasteiger partial charge in [-0.15, -0.1) is 0 Å². The summed E-state index contributed by atoms with van der Waals surface area (Å²) in [4.78, 5) is 24.9. The number of rotatable bonds is 6. The van der Waals surface area contributed by atoms with E-state index in [4.69, 9.17) is 32.4 Å². The second kappa shape index (κ2) is 9.77. The van der Waals surface area contributed by atoms with Crippen LogP contribution in [0.3, 0.4) is 0 Å². The van der Waals surface area contributed by atoms with Gasteiger partial charge in [-0.3, -0.25) is 9.59 Å². The van der Waals surface area contributed by atoms with E-state index in [1.807, 2.05) is 12.1 Å². The lowest BCUT2D eigenvalue weighted by molar-refractivity contribution is 0.0487. The van der Waals surface area contributed by atoms with Gasteiger partial charge in [-0.2, -0.15) is 0 Å². The second-order valence-corrected chi connectivity index (χ2v) is 8.55. The number of carbonyl (C=O) groups excluding carboxylic acids is 2. The number of hydrogen-bond acceptors (Lipinski definition) is 4. The molecule has 0 saturated carbocycles. The van der Waals surface area contributed by atoms with Crippen LogP contribution in [0.1, 0.15) is 39.3 Å². The summed E-state index contributed by atoms with van der Waals surface area (Å²) in [6, 6.07) is 15.4. The van der Waals surface area contributed by atoms with Crippen molar-refractivity contribution in [3.63, 3.8) is 0 Å². The quantitative estimate of drug-likeness (QED) is 0.508. The molecule has 0 bridgehead atoms. The van der Waals surface area contributed by atoms with E-state index in [-0.39, 0.29) is 23.0 Å². The van der Waals surface area contributed by atoms with Gasteiger partial charge in [-0.1, -0.05) is 29.3 Å². The molecule has 0 unspecified atom stereocenters. The molecule has 2 heterocycles. The van der Waals surface area contributed by atoms with E-state index in [2.05, 4.69) is 10.6 Å². The highest BCUT2D eigenvalue weighted by Gasteiger charge is 2.36. The van der Waals surface area contributed by atoms with E-state index < -0.39 is 0 Å². The Hall–Kier alpha value is -2.80. The molecule has 6 nitrogen and oxygen atoms in total. The molecule has 4 rings (SSSR count). The highest BCUT2D eigenvalue weighted by Crippen LogP contribution is 2.39. The smallest absolute Gasteiger partial charge is 0.291 e. The molecule has 32 heavy (non-hydrogen) atoms. The van der Waals surface area contributed by atoms with Gasteiger partial charge in [0.15, 0.2) is 5.76 Å². The molecule has 1 fully saturated rings. The molecule has 2 aromatic carbocycles. The fraction of sp³-hybridized carbons (Fsp3) is 0.250. The van der Waals surface area contributed by atoms with E-state index in [0.29, 0.717) is 41.1 Å². The first kappa shape index (κ1) is 22.4. The lowest BCUT2D eigenvalue weighted by Gasteiger charge is -2.38. The Kier molecular flexibility index (Phi) is 6.84. The highest BCUT2D eigenvalue weighted by molar-refractivity contribution is 6.35. The van der Waals surface area contributed by atoms with Crippen molar-refractivity contribution in [3.05, 3.63) is 87.8 Å². The van der Waals surface area contributed by atoms with E-state index in [1.54, 1.807) is 42.5 Å². The van der Waals surface area contributed by atoms with Crippen molar-refractivity contribution in [3.8, 4) is 0 Å². The maximum absolute atomic E-state index is 12.8. The fourth-order valence-electron chi connectivity index (χ4n) is 3.88. The zero-order valence-electron chi connectivity index (χ0n) is 17.2. The van der Waals surface area contributed by atoms with Crippen LogP contribution in [-0.4, -0.2) is 31.6 Å². The average Bonchev–Trinajstić information content (AvgIpc) is 3.34. The van der Waals surface area contributed by atoms with Crippen molar-refractivity contribution in [1.29, 1.82) is 0 Å². The number of hydrogen-bond donors (Lipinski definition) is 2. The van der Waals surface area contributed by atoms with Gasteiger partial charge < -0.3 is 19.8 Å². The molecule has 1 aliphatic rings. The molecule has 2 amide bonds. The van der Waals surface area contributed by atoms with Gasteiger partial charge in [-0.25, -0.2) is 0 Å². The van der Waals surface area contributed by atoms with Crippen LogP contribution in [0.25, 0.3) is 0 Å². The summed E-state index contributed by atoms with van der Waals surface area (Å²) in [5.41, 5.74) is 1.69. The third kappa shape index (κ3) is 4.99. The molecule has 1 saturated heterocycles. The Balaban J connectivity index is 1.43. The molecule has 0 atom stereocenters. The van der Waals surface area contributed by atoms with Crippen LogP contribution in [0.4, 0.5) is 5.69 Å². The molecule has 3 aromatic rings. The minimum absolute atomic E-state index is 0.204. The maximum atomic E-state index is 12.8. The largest absolute Gasteiger partial charge is 0.459 e. The molecule has 8 heteroatoms. The second-order valence-electron chi connectivity index (χ2n) is 7.71. The number of halogens is 2. The fourth-order valence-corrected chi connectivity index (χ4v) is 4.49. The summed E-state index contributed by atoms with van der Waals surface area (Å²) in [6.45, 7) is 1.62. The highest BCUT2D eigenvalue weighted by atomic mass is 35.5.